The fourth-order valence-electron chi connectivity index (χ4n) is 1.27. The molecule has 3 N–H and O–H groups in total. The van der Waals surface area contributed by atoms with Gasteiger partial charge in [0.15, 0.2) is 0 Å². The van der Waals surface area contributed by atoms with Gasteiger partial charge in [0.25, 0.3) is 0 Å². The maximum atomic E-state index is 11.4. The lowest BCUT2D eigenvalue weighted by Gasteiger charge is -2.13. The van der Waals surface area contributed by atoms with Crippen LogP contribution < -0.4 is 10.6 Å². The molecule has 0 aromatic heterocycles. The van der Waals surface area contributed by atoms with Gasteiger partial charge in [0, 0.05) is 19.7 Å². The van der Waals surface area contributed by atoms with Gasteiger partial charge in [0.2, 0.25) is 5.91 Å². The van der Waals surface area contributed by atoms with Gasteiger partial charge in [-0.15, -0.1) is 0 Å². The second-order valence-corrected chi connectivity index (χ2v) is 4.75. The number of aliphatic hydroxyl groups is 1. The second-order valence-electron chi connectivity index (χ2n) is 4.75. The van der Waals surface area contributed by atoms with E-state index in [-0.39, 0.29) is 19.1 Å². The molecule has 0 radical (unpaired) electrons. The van der Waals surface area contributed by atoms with E-state index >= 15 is 0 Å². The number of aliphatic hydroxyl groups excluding tert-OH is 1. The number of hydrogen-bond donors (Lipinski definition) is 3. The Morgan fingerprint density at radius 1 is 1.21 bits per heavy atom. The lowest BCUT2D eigenvalue weighted by Crippen LogP contribution is -2.39. The van der Waals surface area contributed by atoms with Crippen LogP contribution >= 0.6 is 0 Å². The average Bonchev–Trinajstić information content (AvgIpc) is 2.36. The van der Waals surface area contributed by atoms with Gasteiger partial charge in [0.05, 0.1) is 32.5 Å². The highest BCUT2D eigenvalue weighted by atomic mass is 16.5. The summed E-state index contributed by atoms with van der Waals surface area (Å²) in [5.41, 5.74) is 0. The minimum absolute atomic E-state index is 0.0573. The summed E-state index contributed by atoms with van der Waals surface area (Å²) in [7, 11) is 0. The summed E-state index contributed by atoms with van der Waals surface area (Å²) in [6.07, 6.45) is -0.612. The maximum Gasteiger partial charge on any atom is 0.233 e. The third-order valence-electron chi connectivity index (χ3n) is 2.26. The Bertz CT molecular complexity index is 225. The number of carbonyl (C=O) groups is 1. The number of carbonyl (C=O) groups excluding carboxylic acids is 1. The standard InChI is InChI=1S/C13H28N2O4/c1-4-18-5-6-19-10-12(16)8-14-9-13(17)15-7-11(2)3/h11-12,14,16H,4-10H2,1-3H3,(H,15,17). The normalized spacial score (nSPS) is 12.7. The Labute approximate surface area is 115 Å². The Morgan fingerprint density at radius 3 is 2.53 bits per heavy atom. The van der Waals surface area contributed by atoms with E-state index in [2.05, 4.69) is 10.6 Å². The third kappa shape index (κ3) is 13.5. The molecule has 0 saturated carbocycles. The maximum absolute atomic E-state index is 11.4. The zero-order valence-corrected chi connectivity index (χ0v) is 12.3. The first-order valence-corrected chi connectivity index (χ1v) is 6.87. The first kappa shape index (κ1) is 18.3. The van der Waals surface area contributed by atoms with Crippen molar-refractivity contribution in [2.75, 3.05) is 46.1 Å². The van der Waals surface area contributed by atoms with E-state index in [1.165, 1.54) is 0 Å². The van der Waals surface area contributed by atoms with Crippen molar-refractivity contribution >= 4 is 5.91 Å². The molecular weight excluding hydrogens is 248 g/mol. The van der Waals surface area contributed by atoms with Crippen LogP contribution in [0.4, 0.5) is 0 Å². The molecule has 1 atom stereocenters. The third-order valence-corrected chi connectivity index (χ3v) is 2.26. The largest absolute Gasteiger partial charge is 0.389 e. The lowest BCUT2D eigenvalue weighted by molar-refractivity contribution is -0.120. The zero-order valence-electron chi connectivity index (χ0n) is 12.3. The van der Waals surface area contributed by atoms with Crippen molar-refractivity contribution in [1.82, 2.24) is 10.6 Å². The minimum Gasteiger partial charge on any atom is -0.389 e. The Morgan fingerprint density at radius 2 is 1.89 bits per heavy atom. The lowest BCUT2D eigenvalue weighted by atomic mass is 10.2. The van der Waals surface area contributed by atoms with Crippen molar-refractivity contribution in [3.05, 3.63) is 0 Å². The van der Waals surface area contributed by atoms with Crippen molar-refractivity contribution in [1.29, 1.82) is 0 Å². The summed E-state index contributed by atoms with van der Waals surface area (Å²) < 4.78 is 10.3. The van der Waals surface area contributed by atoms with Gasteiger partial charge in [-0.3, -0.25) is 4.79 Å². The molecule has 19 heavy (non-hydrogen) atoms. The van der Waals surface area contributed by atoms with Crippen LogP contribution in [0.3, 0.4) is 0 Å². The average molecular weight is 276 g/mol. The summed E-state index contributed by atoms with van der Waals surface area (Å²) in [6, 6.07) is 0. The van der Waals surface area contributed by atoms with E-state index < -0.39 is 6.10 Å². The highest BCUT2D eigenvalue weighted by molar-refractivity contribution is 5.77. The van der Waals surface area contributed by atoms with Gasteiger partial charge >= 0.3 is 0 Å². The predicted octanol–water partition coefficient (Wildman–Crippen LogP) is -0.238. The molecule has 0 spiro atoms. The van der Waals surface area contributed by atoms with Gasteiger partial charge < -0.3 is 25.2 Å². The fourth-order valence-corrected chi connectivity index (χ4v) is 1.27. The van der Waals surface area contributed by atoms with E-state index in [0.717, 1.165) is 0 Å². The minimum atomic E-state index is -0.612. The van der Waals surface area contributed by atoms with E-state index in [0.29, 0.717) is 38.8 Å². The van der Waals surface area contributed by atoms with Crippen molar-refractivity contribution in [2.45, 2.75) is 26.9 Å². The first-order chi connectivity index (χ1) is 9.06. The Hall–Kier alpha value is -0.690. The van der Waals surface area contributed by atoms with Crippen LogP contribution in [0.15, 0.2) is 0 Å². The van der Waals surface area contributed by atoms with E-state index in [1.807, 2.05) is 20.8 Å². The Balaban J connectivity index is 3.37. The zero-order chi connectivity index (χ0) is 14.5. The van der Waals surface area contributed by atoms with Crippen LogP contribution in [0.25, 0.3) is 0 Å². The number of amides is 1. The quantitative estimate of drug-likeness (QED) is 0.429. The molecule has 0 saturated heterocycles. The number of ether oxygens (including phenoxy) is 2. The first-order valence-electron chi connectivity index (χ1n) is 6.87. The van der Waals surface area contributed by atoms with Gasteiger partial charge in [-0.05, 0) is 12.8 Å². The van der Waals surface area contributed by atoms with Crippen LogP contribution in [0.1, 0.15) is 20.8 Å². The molecule has 114 valence electrons. The molecule has 0 bridgehead atoms. The van der Waals surface area contributed by atoms with E-state index in [9.17, 15) is 9.90 Å². The van der Waals surface area contributed by atoms with Crippen LogP contribution in [-0.2, 0) is 14.3 Å². The van der Waals surface area contributed by atoms with Crippen molar-refractivity contribution in [3.8, 4) is 0 Å². The second kappa shape index (κ2) is 12.3. The summed E-state index contributed by atoms with van der Waals surface area (Å²) in [5.74, 6) is 0.381. The SMILES string of the molecule is CCOCCOCC(O)CNCC(=O)NCC(C)C. The van der Waals surface area contributed by atoms with Crippen molar-refractivity contribution in [2.24, 2.45) is 5.92 Å². The molecular formula is C13H28N2O4. The van der Waals surface area contributed by atoms with Crippen molar-refractivity contribution in [3.63, 3.8) is 0 Å². The fraction of sp³-hybridized carbons (Fsp3) is 0.923. The highest BCUT2D eigenvalue weighted by Gasteiger charge is 2.06. The molecule has 0 aliphatic heterocycles. The van der Waals surface area contributed by atoms with Crippen LogP contribution in [0.2, 0.25) is 0 Å². The van der Waals surface area contributed by atoms with Crippen LogP contribution in [0, 0.1) is 5.92 Å². The van der Waals surface area contributed by atoms with Crippen molar-refractivity contribution < 1.29 is 19.4 Å². The molecule has 0 fully saturated rings. The van der Waals surface area contributed by atoms with Crippen LogP contribution in [0.5, 0.6) is 0 Å². The van der Waals surface area contributed by atoms with Gasteiger partial charge in [-0.1, -0.05) is 13.8 Å². The molecule has 6 nitrogen and oxygen atoms in total. The van der Waals surface area contributed by atoms with Gasteiger partial charge in [0.1, 0.15) is 0 Å². The monoisotopic (exact) mass is 276 g/mol. The predicted molar refractivity (Wildman–Crippen MR) is 74.0 cm³/mol. The molecule has 0 rings (SSSR count). The molecule has 0 aliphatic carbocycles. The number of nitrogens with one attached hydrogen (secondary N) is 2. The van der Waals surface area contributed by atoms with Gasteiger partial charge in [-0.25, -0.2) is 0 Å². The van der Waals surface area contributed by atoms with E-state index in [4.69, 9.17) is 9.47 Å². The summed E-state index contributed by atoms with van der Waals surface area (Å²) in [5, 5.41) is 15.3. The van der Waals surface area contributed by atoms with Gasteiger partial charge in [-0.2, -0.15) is 0 Å². The van der Waals surface area contributed by atoms with Crippen LogP contribution in [-0.4, -0.2) is 63.2 Å². The summed E-state index contributed by atoms with van der Waals surface area (Å²) in [4.78, 5) is 11.4. The number of rotatable bonds is 12. The molecule has 0 aromatic rings. The Kier molecular flexibility index (Phi) is 11.9. The molecule has 0 aliphatic rings. The topological polar surface area (TPSA) is 79.8 Å². The smallest absolute Gasteiger partial charge is 0.233 e. The van der Waals surface area contributed by atoms with E-state index in [1.54, 1.807) is 0 Å². The molecule has 6 heteroatoms. The molecule has 1 amide bonds. The summed E-state index contributed by atoms with van der Waals surface area (Å²) in [6.45, 7) is 9.13. The highest BCUT2D eigenvalue weighted by Crippen LogP contribution is 1.87. The molecule has 1 unspecified atom stereocenters. The summed E-state index contributed by atoms with van der Waals surface area (Å²) >= 11 is 0. The molecule has 0 heterocycles. The number of hydrogen-bond acceptors (Lipinski definition) is 5. The molecule has 0 aromatic carbocycles.